The van der Waals surface area contributed by atoms with E-state index in [1.807, 2.05) is 38.1 Å². The fraction of sp³-hybridized carbons (Fsp3) is 0.350. The van der Waals surface area contributed by atoms with Crippen molar-refractivity contribution in [2.24, 2.45) is 5.92 Å². The van der Waals surface area contributed by atoms with Gasteiger partial charge in [-0.3, -0.25) is 14.2 Å². The molecule has 1 N–H and O–H groups in total. The molecule has 142 valence electrons. The zero-order chi connectivity index (χ0) is 19.6. The van der Waals surface area contributed by atoms with Crippen molar-refractivity contribution in [2.45, 2.75) is 33.9 Å². The number of hydrogen-bond acceptors (Lipinski definition) is 5. The van der Waals surface area contributed by atoms with Crippen molar-refractivity contribution in [2.75, 3.05) is 7.11 Å². The summed E-state index contributed by atoms with van der Waals surface area (Å²) >= 11 is 0. The molecule has 0 aliphatic carbocycles. The Labute approximate surface area is 157 Å². The average molecular weight is 369 g/mol. The van der Waals surface area contributed by atoms with Crippen molar-refractivity contribution >= 4 is 17.0 Å². The van der Waals surface area contributed by atoms with Crippen LogP contribution < -0.4 is 15.6 Å². The lowest BCUT2D eigenvalue weighted by Gasteiger charge is -2.08. The van der Waals surface area contributed by atoms with Crippen LogP contribution in [0.1, 0.15) is 35.5 Å². The van der Waals surface area contributed by atoms with Gasteiger partial charge in [-0.05, 0) is 30.5 Å². The number of amides is 1. The van der Waals surface area contributed by atoms with Crippen molar-refractivity contribution in [3.05, 3.63) is 57.8 Å². The van der Waals surface area contributed by atoms with Crippen molar-refractivity contribution in [1.82, 2.24) is 14.9 Å². The average Bonchev–Trinajstić information content (AvgIpc) is 2.99. The Morgan fingerprint density at radius 2 is 2.00 bits per heavy atom. The van der Waals surface area contributed by atoms with Crippen LogP contribution in [0.5, 0.6) is 5.75 Å². The number of aryl methyl sites for hydroxylation is 1. The lowest BCUT2D eigenvalue weighted by molar-refractivity contribution is 0.0950. The lowest BCUT2D eigenvalue weighted by Crippen LogP contribution is -2.27. The second-order valence-corrected chi connectivity index (χ2v) is 6.84. The number of carbonyl (C=O) groups excluding carboxylic acids is 1. The predicted octanol–water partition coefficient (Wildman–Crippen LogP) is 2.89. The number of nitrogens with zero attached hydrogens (tertiary/aromatic N) is 2. The van der Waals surface area contributed by atoms with E-state index in [1.54, 1.807) is 14.0 Å². The summed E-state index contributed by atoms with van der Waals surface area (Å²) < 4.78 is 12.2. The highest BCUT2D eigenvalue weighted by Crippen LogP contribution is 2.21. The van der Waals surface area contributed by atoms with Gasteiger partial charge in [0.05, 0.1) is 12.7 Å². The molecule has 0 aliphatic rings. The third-order valence-electron chi connectivity index (χ3n) is 4.26. The molecule has 0 unspecified atom stereocenters. The van der Waals surface area contributed by atoms with E-state index in [2.05, 4.69) is 10.3 Å². The Balaban J connectivity index is 1.89. The minimum absolute atomic E-state index is 0.187. The molecule has 7 nitrogen and oxygen atoms in total. The third kappa shape index (κ3) is 3.86. The summed E-state index contributed by atoms with van der Waals surface area (Å²) in [4.78, 5) is 29.8. The molecule has 0 atom stereocenters. The summed E-state index contributed by atoms with van der Waals surface area (Å²) in [5.41, 5.74) is 1.09. The van der Waals surface area contributed by atoms with Crippen LogP contribution in [0.3, 0.4) is 0 Å². The van der Waals surface area contributed by atoms with Crippen LogP contribution in [0.15, 0.2) is 39.8 Å². The second-order valence-electron chi connectivity index (χ2n) is 6.84. The monoisotopic (exact) mass is 369 g/mol. The molecule has 0 saturated carbocycles. The number of furan rings is 1. The highest BCUT2D eigenvalue weighted by molar-refractivity contribution is 6.06. The molecular formula is C20H23N3O4. The minimum Gasteiger partial charge on any atom is -0.497 e. The summed E-state index contributed by atoms with van der Waals surface area (Å²) in [5.74, 6) is 1.05. The number of hydrogen-bond donors (Lipinski definition) is 1. The van der Waals surface area contributed by atoms with Gasteiger partial charge in [0, 0.05) is 13.1 Å². The molecule has 1 aromatic carbocycles. The number of benzene rings is 1. The first-order chi connectivity index (χ1) is 12.9. The number of methoxy groups -OCH3 is 1. The molecule has 7 heteroatoms. The summed E-state index contributed by atoms with van der Waals surface area (Å²) in [6.07, 6.45) is 1.46. The summed E-state index contributed by atoms with van der Waals surface area (Å²) in [7, 11) is 1.60. The van der Waals surface area contributed by atoms with Gasteiger partial charge in [0.25, 0.3) is 11.5 Å². The van der Waals surface area contributed by atoms with Gasteiger partial charge < -0.3 is 14.5 Å². The first-order valence-electron chi connectivity index (χ1n) is 8.80. The summed E-state index contributed by atoms with van der Waals surface area (Å²) in [6.45, 7) is 6.55. The molecule has 0 aliphatic heterocycles. The van der Waals surface area contributed by atoms with Crippen LogP contribution in [0.25, 0.3) is 11.1 Å². The molecule has 0 spiro atoms. The second kappa shape index (κ2) is 7.65. The van der Waals surface area contributed by atoms with Gasteiger partial charge in [-0.2, -0.15) is 0 Å². The molecular weight excluding hydrogens is 346 g/mol. The van der Waals surface area contributed by atoms with Gasteiger partial charge in [0.2, 0.25) is 5.71 Å². The molecule has 3 rings (SSSR count). The van der Waals surface area contributed by atoms with Crippen LogP contribution in [0.2, 0.25) is 0 Å². The third-order valence-corrected chi connectivity index (χ3v) is 4.26. The molecule has 2 aromatic heterocycles. The largest absolute Gasteiger partial charge is 0.497 e. The normalized spacial score (nSPS) is 11.1. The zero-order valence-corrected chi connectivity index (χ0v) is 15.9. The number of fused-ring (bicyclic) bond motifs is 1. The van der Waals surface area contributed by atoms with Gasteiger partial charge in [-0.1, -0.05) is 26.0 Å². The molecule has 2 heterocycles. The number of carbonyl (C=O) groups is 1. The van der Waals surface area contributed by atoms with E-state index in [1.165, 1.54) is 10.9 Å². The smallest absolute Gasteiger partial charge is 0.265 e. The lowest BCUT2D eigenvalue weighted by atomic mass is 10.1. The standard InChI is InChI=1S/C20H23N3O4/c1-12(2)10-23-11-22-19-17(20(23)25)16(13(3)27-19)18(24)21-9-14-5-7-15(26-4)8-6-14/h5-8,11-12H,9-10H2,1-4H3,(H,21,24). The highest BCUT2D eigenvalue weighted by atomic mass is 16.5. The maximum absolute atomic E-state index is 12.8. The van der Waals surface area contributed by atoms with E-state index in [4.69, 9.17) is 9.15 Å². The van der Waals surface area contributed by atoms with Gasteiger partial charge in [0.15, 0.2) is 0 Å². The van der Waals surface area contributed by atoms with E-state index in [-0.39, 0.29) is 34.0 Å². The van der Waals surface area contributed by atoms with E-state index in [0.29, 0.717) is 18.8 Å². The zero-order valence-electron chi connectivity index (χ0n) is 15.9. The molecule has 0 radical (unpaired) electrons. The Bertz CT molecular complexity index is 1020. The van der Waals surface area contributed by atoms with Crippen molar-refractivity contribution in [3.63, 3.8) is 0 Å². The maximum atomic E-state index is 12.8. The van der Waals surface area contributed by atoms with E-state index in [9.17, 15) is 9.59 Å². The van der Waals surface area contributed by atoms with Crippen molar-refractivity contribution in [3.8, 4) is 5.75 Å². The molecule has 0 saturated heterocycles. The highest BCUT2D eigenvalue weighted by Gasteiger charge is 2.22. The Morgan fingerprint density at radius 1 is 1.30 bits per heavy atom. The minimum atomic E-state index is -0.358. The van der Waals surface area contributed by atoms with Crippen LogP contribution in [0.4, 0.5) is 0 Å². The number of nitrogens with one attached hydrogen (secondary N) is 1. The molecule has 0 fully saturated rings. The molecule has 27 heavy (non-hydrogen) atoms. The van der Waals surface area contributed by atoms with Gasteiger partial charge >= 0.3 is 0 Å². The fourth-order valence-electron chi connectivity index (χ4n) is 2.95. The first-order valence-corrected chi connectivity index (χ1v) is 8.80. The first kappa shape index (κ1) is 18.7. The van der Waals surface area contributed by atoms with Crippen LogP contribution in [-0.2, 0) is 13.1 Å². The SMILES string of the molecule is COc1ccc(CNC(=O)c2c(C)oc3ncn(CC(C)C)c(=O)c23)cc1. The van der Waals surface area contributed by atoms with E-state index >= 15 is 0 Å². The van der Waals surface area contributed by atoms with E-state index < -0.39 is 0 Å². The van der Waals surface area contributed by atoms with Crippen molar-refractivity contribution < 1.29 is 13.9 Å². The topological polar surface area (TPSA) is 86.4 Å². The van der Waals surface area contributed by atoms with Gasteiger partial charge in [-0.15, -0.1) is 0 Å². The summed E-state index contributed by atoms with van der Waals surface area (Å²) in [5, 5.41) is 3.07. The quantitative estimate of drug-likeness (QED) is 0.722. The predicted molar refractivity (Wildman–Crippen MR) is 102 cm³/mol. The molecule has 0 bridgehead atoms. The van der Waals surface area contributed by atoms with Gasteiger partial charge in [-0.25, -0.2) is 4.98 Å². The van der Waals surface area contributed by atoms with Crippen LogP contribution in [0, 0.1) is 12.8 Å². The van der Waals surface area contributed by atoms with Crippen LogP contribution in [-0.4, -0.2) is 22.6 Å². The fourth-order valence-corrected chi connectivity index (χ4v) is 2.95. The van der Waals surface area contributed by atoms with Crippen molar-refractivity contribution in [1.29, 1.82) is 0 Å². The number of ether oxygens (including phenoxy) is 1. The Hall–Kier alpha value is -3.09. The molecule has 3 aromatic rings. The van der Waals surface area contributed by atoms with Gasteiger partial charge in [0.1, 0.15) is 23.2 Å². The van der Waals surface area contributed by atoms with E-state index in [0.717, 1.165) is 11.3 Å². The number of rotatable bonds is 6. The Kier molecular flexibility index (Phi) is 5.30. The van der Waals surface area contributed by atoms with Crippen LogP contribution >= 0.6 is 0 Å². The number of aromatic nitrogens is 2. The molecule has 1 amide bonds. The summed E-state index contributed by atoms with van der Waals surface area (Å²) in [6, 6.07) is 7.40. The Morgan fingerprint density at radius 3 is 2.63 bits per heavy atom. The maximum Gasteiger partial charge on any atom is 0.265 e.